The Morgan fingerprint density at radius 3 is 2.26 bits per heavy atom. The Hall–Kier alpha value is -4.30. The maximum Gasteiger partial charge on any atom is 0.268 e. The highest BCUT2D eigenvalue weighted by molar-refractivity contribution is 7.81. The van der Waals surface area contributed by atoms with E-state index in [1.807, 2.05) is 0 Å². The molecular weight excluding hydrogens is 512 g/mol. The van der Waals surface area contributed by atoms with Gasteiger partial charge in [-0.15, -0.1) is 0 Å². The molecule has 2 atom stereocenters. The third-order valence-electron chi connectivity index (χ3n) is 5.40. The lowest BCUT2D eigenvalue weighted by Gasteiger charge is -2.23. The van der Waals surface area contributed by atoms with E-state index in [9.17, 15) is 13.6 Å². The number of nitrogens with two attached hydrogens (primary N) is 1. The summed E-state index contributed by atoms with van der Waals surface area (Å²) in [6.07, 6.45) is 0. The number of aliphatic hydroxyl groups is 1. The van der Waals surface area contributed by atoms with Crippen LogP contribution in [0.1, 0.15) is 0 Å². The second-order valence-electron chi connectivity index (χ2n) is 7.96. The number of anilines is 5. The zero-order chi connectivity index (χ0) is 27.2. The first-order chi connectivity index (χ1) is 18.3. The lowest BCUT2D eigenvalue weighted by Crippen LogP contribution is -2.38. The lowest BCUT2D eigenvalue weighted by molar-refractivity contribution is -0.118. The Kier molecular flexibility index (Phi) is 8.33. The molecule has 4 rings (SSSR count). The minimum absolute atomic E-state index is 0.0434. The monoisotopic (exact) mass is 538 g/mol. The summed E-state index contributed by atoms with van der Waals surface area (Å²) in [7, 11) is 3.05. The average molecular weight is 539 g/mol. The molecule has 6 N–H and O–H groups in total. The molecule has 12 nitrogen and oxygen atoms in total. The molecule has 1 amide bonds. The van der Waals surface area contributed by atoms with E-state index in [1.165, 1.54) is 20.3 Å². The number of ether oxygens (including phenoxy) is 2. The standard InChI is InChI=1S/C25H26N6O6S/c1-36-18-11-16(12-19(13-18)37-2)27-23-24(30-22-9-4-3-8-21(22)29-23)31(38(34)35)17-7-5-6-15(10-17)28-25(33)20(26)14-32/h3-13,20,32H,14,26H2,1-2H3,(H,27,29)(H,28,33)(H,34,35)/t20-/m1/s1. The fourth-order valence-corrected chi connectivity index (χ4v) is 4.12. The van der Waals surface area contributed by atoms with Crippen molar-refractivity contribution in [2.75, 3.05) is 35.8 Å². The first kappa shape index (κ1) is 26.8. The van der Waals surface area contributed by atoms with Crippen LogP contribution in [0.3, 0.4) is 0 Å². The summed E-state index contributed by atoms with van der Waals surface area (Å²) in [5.74, 6) is 0.657. The van der Waals surface area contributed by atoms with Gasteiger partial charge >= 0.3 is 0 Å². The zero-order valence-corrected chi connectivity index (χ0v) is 21.3. The summed E-state index contributed by atoms with van der Waals surface area (Å²) in [6, 6.07) is 17.3. The number of carbonyl (C=O) groups is 1. The molecule has 4 aromatic rings. The molecule has 3 aromatic carbocycles. The molecule has 0 saturated carbocycles. The quantitative estimate of drug-likeness (QED) is 0.189. The molecule has 0 radical (unpaired) electrons. The van der Waals surface area contributed by atoms with Crippen LogP contribution in [0.2, 0.25) is 0 Å². The van der Waals surface area contributed by atoms with Crippen LogP contribution in [-0.4, -0.2) is 56.6 Å². The van der Waals surface area contributed by atoms with E-state index < -0.39 is 29.8 Å². The maximum atomic E-state index is 12.7. The largest absolute Gasteiger partial charge is 0.497 e. The fraction of sp³-hybridized carbons (Fsp3) is 0.160. The summed E-state index contributed by atoms with van der Waals surface area (Å²) in [5, 5.41) is 14.9. The summed E-state index contributed by atoms with van der Waals surface area (Å²) in [4.78, 5) is 21.5. The van der Waals surface area contributed by atoms with Crippen molar-refractivity contribution in [1.29, 1.82) is 0 Å². The molecule has 13 heteroatoms. The van der Waals surface area contributed by atoms with Gasteiger partial charge in [0, 0.05) is 29.6 Å². The third-order valence-corrected chi connectivity index (χ3v) is 6.09. The van der Waals surface area contributed by atoms with Gasteiger partial charge in [0.05, 0.1) is 37.5 Å². The predicted octanol–water partition coefficient (Wildman–Crippen LogP) is 2.92. The lowest BCUT2D eigenvalue weighted by atomic mass is 10.2. The van der Waals surface area contributed by atoms with Gasteiger partial charge in [-0.1, -0.05) is 18.2 Å². The van der Waals surface area contributed by atoms with Crippen molar-refractivity contribution in [3.05, 3.63) is 66.7 Å². The van der Waals surface area contributed by atoms with Gasteiger partial charge in [0.15, 0.2) is 11.6 Å². The van der Waals surface area contributed by atoms with E-state index in [0.717, 1.165) is 4.31 Å². The summed E-state index contributed by atoms with van der Waals surface area (Å²) < 4.78 is 34.8. The number of carbonyl (C=O) groups excluding carboxylic acids is 1. The van der Waals surface area contributed by atoms with Crippen molar-refractivity contribution in [1.82, 2.24) is 9.97 Å². The maximum absolute atomic E-state index is 12.7. The highest BCUT2D eigenvalue weighted by Gasteiger charge is 2.24. The predicted molar refractivity (Wildman–Crippen MR) is 145 cm³/mol. The molecule has 0 spiro atoms. The molecule has 198 valence electrons. The fourth-order valence-electron chi connectivity index (χ4n) is 3.55. The second-order valence-corrected chi connectivity index (χ2v) is 8.79. The Morgan fingerprint density at radius 2 is 1.66 bits per heavy atom. The van der Waals surface area contributed by atoms with Crippen molar-refractivity contribution >= 4 is 56.9 Å². The van der Waals surface area contributed by atoms with Crippen LogP contribution >= 0.6 is 0 Å². The molecule has 1 aromatic heterocycles. The Morgan fingerprint density at radius 1 is 1.00 bits per heavy atom. The number of amides is 1. The normalized spacial score (nSPS) is 12.4. The first-order valence-electron chi connectivity index (χ1n) is 11.3. The number of aromatic nitrogens is 2. The SMILES string of the molecule is COc1cc(Nc2nc3ccccc3nc2N(c2cccc(NC(=O)[C@H](N)CO)c2)S(=O)O)cc(OC)c1. The first-order valence-corrected chi connectivity index (χ1v) is 12.3. The molecule has 38 heavy (non-hydrogen) atoms. The van der Waals surface area contributed by atoms with Gasteiger partial charge in [0.1, 0.15) is 17.5 Å². The van der Waals surface area contributed by atoms with Gasteiger partial charge in [-0.25, -0.2) is 18.5 Å². The highest BCUT2D eigenvalue weighted by atomic mass is 32.2. The topological polar surface area (TPSA) is 172 Å². The third kappa shape index (κ3) is 5.98. The minimum atomic E-state index is -2.60. The van der Waals surface area contributed by atoms with Gasteiger partial charge < -0.3 is 30.9 Å². The van der Waals surface area contributed by atoms with Gasteiger partial charge in [-0.3, -0.25) is 9.35 Å². The van der Waals surface area contributed by atoms with E-state index in [1.54, 1.807) is 60.7 Å². The number of aliphatic hydroxyl groups excluding tert-OH is 1. The van der Waals surface area contributed by atoms with Gasteiger partial charge in [0.2, 0.25) is 5.91 Å². The number of hydrogen-bond acceptors (Lipinski definition) is 9. The number of methoxy groups -OCH3 is 2. The van der Waals surface area contributed by atoms with Crippen LogP contribution in [0.15, 0.2) is 66.7 Å². The van der Waals surface area contributed by atoms with Gasteiger partial charge in [-0.2, -0.15) is 0 Å². The molecule has 0 aliphatic rings. The van der Waals surface area contributed by atoms with Crippen LogP contribution in [-0.2, 0) is 16.1 Å². The number of rotatable bonds is 10. The molecule has 0 aliphatic heterocycles. The van der Waals surface area contributed by atoms with Crippen LogP contribution in [0, 0.1) is 0 Å². The van der Waals surface area contributed by atoms with Crippen LogP contribution in [0.25, 0.3) is 11.0 Å². The Labute approximate surface area is 220 Å². The number of nitrogens with zero attached hydrogens (tertiary/aromatic N) is 3. The molecule has 0 fully saturated rings. The van der Waals surface area contributed by atoms with E-state index in [-0.39, 0.29) is 17.3 Å². The molecule has 0 bridgehead atoms. The van der Waals surface area contributed by atoms with Crippen molar-refractivity contribution in [3.8, 4) is 11.5 Å². The second kappa shape index (κ2) is 11.8. The number of para-hydroxylation sites is 2. The molecule has 1 unspecified atom stereocenters. The summed E-state index contributed by atoms with van der Waals surface area (Å²) in [5.41, 5.74) is 7.70. The van der Waals surface area contributed by atoms with Gasteiger partial charge in [-0.05, 0) is 30.3 Å². The Balaban J connectivity index is 1.82. The molecule has 1 heterocycles. The van der Waals surface area contributed by atoms with Crippen molar-refractivity contribution in [2.24, 2.45) is 5.73 Å². The van der Waals surface area contributed by atoms with E-state index in [2.05, 4.69) is 20.6 Å². The van der Waals surface area contributed by atoms with Crippen molar-refractivity contribution in [2.45, 2.75) is 6.04 Å². The van der Waals surface area contributed by atoms with E-state index in [0.29, 0.717) is 33.9 Å². The molecular formula is C25H26N6O6S. The number of fused-ring (bicyclic) bond motifs is 1. The summed E-state index contributed by atoms with van der Waals surface area (Å²) >= 11 is -2.60. The Bertz CT molecular complexity index is 1460. The zero-order valence-electron chi connectivity index (χ0n) is 20.5. The minimum Gasteiger partial charge on any atom is -0.497 e. The highest BCUT2D eigenvalue weighted by Crippen LogP contribution is 2.36. The number of hydrogen-bond donors (Lipinski definition) is 5. The van der Waals surface area contributed by atoms with Crippen LogP contribution < -0.4 is 30.1 Å². The number of nitrogens with one attached hydrogen (secondary N) is 2. The van der Waals surface area contributed by atoms with E-state index >= 15 is 0 Å². The average Bonchev–Trinajstić information content (AvgIpc) is 2.92. The summed E-state index contributed by atoms with van der Waals surface area (Å²) in [6.45, 7) is -0.533. The van der Waals surface area contributed by atoms with Crippen LogP contribution in [0.4, 0.5) is 28.7 Å². The van der Waals surface area contributed by atoms with Crippen molar-refractivity contribution < 1.29 is 28.1 Å². The van der Waals surface area contributed by atoms with Crippen molar-refractivity contribution in [3.63, 3.8) is 0 Å². The molecule has 0 saturated heterocycles. The number of benzene rings is 3. The van der Waals surface area contributed by atoms with E-state index in [4.69, 9.17) is 20.3 Å². The smallest absolute Gasteiger partial charge is 0.268 e. The van der Waals surface area contributed by atoms with Crippen LogP contribution in [0.5, 0.6) is 11.5 Å². The molecule has 0 aliphatic carbocycles. The van der Waals surface area contributed by atoms with Gasteiger partial charge in [0.25, 0.3) is 11.3 Å².